The van der Waals surface area contributed by atoms with Crippen molar-refractivity contribution in [3.05, 3.63) is 82.3 Å². The molecule has 0 amide bonds. The van der Waals surface area contributed by atoms with Crippen molar-refractivity contribution in [3.63, 3.8) is 0 Å². The van der Waals surface area contributed by atoms with Gasteiger partial charge in [0.05, 0.1) is 10.1 Å². The molecule has 1 aliphatic carbocycles. The van der Waals surface area contributed by atoms with Gasteiger partial charge in [0.25, 0.3) is 0 Å². The number of nitrogens with one attached hydrogen (secondary N) is 1. The highest BCUT2D eigenvalue weighted by Gasteiger charge is 2.36. The van der Waals surface area contributed by atoms with Crippen LogP contribution in [-0.2, 0) is 16.3 Å². The summed E-state index contributed by atoms with van der Waals surface area (Å²) in [5.41, 5.74) is 4.35. The van der Waals surface area contributed by atoms with E-state index in [-0.39, 0.29) is 11.2 Å². The number of fused-ring (bicyclic) bond motifs is 1. The van der Waals surface area contributed by atoms with Crippen molar-refractivity contribution < 1.29 is 8.42 Å². The van der Waals surface area contributed by atoms with Gasteiger partial charge in [-0.25, -0.2) is 13.4 Å². The molecule has 1 atom stereocenters. The Morgan fingerprint density at radius 1 is 1.14 bits per heavy atom. The Morgan fingerprint density at radius 2 is 1.96 bits per heavy atom. The van der Waals surface area contributed by atoms with Crippen LogP contribution in [0.4, 0.5) is 0 Å². The molecule has 0 spiro atoms. The van der Waals surface area contributed by atoms with Crippen LogP contribution in [0.25, 0.3) is 11.0 Å². The Kier molecular flexibility index (Phi) is 4.33. The minimum Gasteiger partial charge on any atom is -0.343 e. The van der Waals surface area contributed by atoms with E-state index in [9.17, 15) is 8.42 Å². The molecular weight excluding hydrogens is 388 g/mol. The number of hydrogen-bond donors (Lipinski definition) is 1. The normalized spacial score (nSPS) is 15.7. The summed E-state index contributed by atoms with van der Waals surface area (Å²) in [5.74, 6) is 0.112. The van der Waals surface area contributed by atoms with Crippen LogP contribution in [0.2, 0.25) is 0 Å². The first-order valence-electron chi connectivity index (χ1n) is 9.40. The average molecular weight is 409 g/mol. The molecule has 3 heterocycles. The van der Waals surface area contributed by atoms with Crippen LogP contribution in [0.3, 0.4) is 0 Å². The Bertz CT molecular complexity index is 1170. The summed E-state index contributed by atoms with van der Waals surface area (Å²) < 4.78 is 25.0. The maximum Gasteiger partial charge on any atom is 0.181 e. The molecule has 4 aromatic rings. The predicted octanol–water partition coefficient (Wildman–Crippen LogP) is 4.94. The molecule has 5 rings (SSSR count). The molecule has 3 aromatic heterocycles. The third kappa shape index (κ3) is 3.27. The van der Waals surface area contributed by atoms with Gasteiger partial charge in [-0.2, -0.15) is 11.3 Å². The second kappa shape index (κ2) is 6.87. The van der Waals surface area contributed by atoms with E-state index < -0.39 is 9.84 Å². The topological polar surface area (TPSA) is 62.8 Å². The Morgan fingerprint density at radius 3 is 2.64 bits per heavy atom. The zero-order valence-corrected chi connectivity index (χ0v) is 16.8. The first-order chi connectivity index (χ1) is 13.6. The van der Waals surface area contributed by atoms with Crippen molar-refractivity contribution >= 4 is 32.2 Å². The fourth-order valence-electron chi connectivity index (χ4n) is 3.68. The molecule has 142 valence electrons. The second-order valence-corrected chi connectivity index (χ2v) is 10.4. The average Bonchev–Trinajstić information content (AvgIpc) is 3.30. The van der Waals surface area contributed by atoms with Crippen LogP contribution in [0.5, 0.6) is 0 Å². The largest absolute Gasteiger partial charge is 0.343 e. The fraction of sp³-hybridized carbons (Fsp3) is 0.227. The lowest BCUT2D eigenvalue weighted by Gasteiger charge is -2.16. The maximum atomic E-state index is 12.5. The van der Waals surface area contributed by atoms with E-state index in [1.165, 1.54) is 5.56 Å². The molecule has 1 fully saturated rings. The standard InChI is InChI=1S/C22H20N2O2S2/c25-28(26,19-7-8-19)18-5-3-16(4-6-18)20(12-15-9-11-27-14-15)21-13-17-2-1-10-23-22(17)24-21/h1-6,9-11,13-14,19-20H,7-8,12H2,(H,23,24). The molecular formula is C22H20N2O2S2. The number of aromatic nitrogens is 2. The van der Waals surface area contributed by atoms with Gasteiger partial charge in [-0.15, -0.1) is 0 Å². The van der Waals surface area contributed by atoms with Crippen LogP contribution in [0.1, 0.15) is 35.6 Å². The number of thiophene rings is 1. The van der Waals surface area contributed by atoms with Crippen LogP contribution >= 0.6 is 11.3 Å². The van der Waals surface area contributed by atoms with Gasteiger partial charge in [-0.05, 0) is 77.5 Å². The summed E-state index contributed by atoms with van der Waals surface area (Å²) in [4.78, 5) is 8.31. The minimum absolute atomic E-state index is 0.112. The second-order valence-electron chi connectivity index (χ2n) is 7.37. The summed E-state index contributed by atoms with van der Waals surface area (Å²) in [6.07, 6.45) is 4.21. The van der Waals surface area contributed by atoms with Gasteiger partial charge >= 0.3 is 0 Å². The van der Waals surface area contributed by atoms with E-state index in [1.54, 1.807) is 29.7 Å². The van der Waals surface area contributed by atoms with Crippen molar-refractivity contribution in [2.75, 3.05) is 0 Å². The molecule has 28 heavy (non-hydrogen) atoms. The molecule has 1 aliphatic rings. The molecule has 1 saturated carbocycles. The monoisotopic (exact) mass is 408 g/mol. The summed E-state index contributed by atoms with van der Waals surface area (Å²) in [7, 11) is -3.16. The minimum atomic E-state index is -3.16. The fourth-order valence-corrected chi connectivity index (χ4v) is 6.02. The van der Waals surface area contributed by atoms with E-state index in [1.807, 2.05) is 18.2 Å². The van der Waals surface area contributed by atoms with Gasteiger partial charge < -0.3 is 4.98 Å². The van der Waals surface area contributed by atoms with Crippen molar-refractivity contribution in [3.8, 4) is 0 Å². The highest BCUT2D eigenvalue weighted by molar-refractivity contribution is 7.92. The predicted molar refractivity (Wildman–Crippen MR) is 113 cm³/mol. The number of rotatable bonds is 6. The van der Waals surface area contributed by atoms with Gasteiger partial charge in [0.15, 0.2) is 9.84 Å². The lowest BCUT2D eigenvalue weighted by molar-refractivity contribution is 0.594. The summed E-state index contributed by atoms with van der Waals surface area (Å²) in [6, 6.07) is 15.7. The molecule has 6 heteroatoms. The lowest BCUT2D eigenvalue weighted by atomic mass is 9.90. The van der Waals surface area contributed by atoms with Crippen molar-refractivity contribution in [2.24, 2.45) is 0 Å². The Hall–Kier alpha value is -2.44. The maximum absolute atomic E-state index is 12.5. The highest BCUT2D eigenvalue weighted by Crippen LogP contribution is 2.35. The van der Waals surface area contributed by atoms with E-state index >= 15 is 0 Å². The Balaban J connectivity index is 1.54. The van der Waals surface area contributed by atoms with Gasteiger partial charge in [-0.1, -0.05) is 12.1 Å². The van der Waals surface area contributed by atoms with E-state index in [0.29, 0.717) is 4.90 Å². The first-order valence-corrected chi connectivity index (χ1v) is 11.9. The SMILES string of the molecule is O=S(=O)(c1ccc(C(Cc2ccsc2)c2cc3cccnc3[nH]2)cc1)C1CC1. The summed E-state index contributed by atoms with van der Waals surface area (Å²) in [5, 5.41) is 5.16. The zero-order chi connectivity index (χ0) is 19.1. The van der Waals surface area contributed by atoms with Gasteiger partial charge in [-0.3, -0.25) is 0 Å². The molecule has 0 radical (unpaired) electrons. The third-order valence-electron chi connectivity index (χ3n) is 5.38. The molecule has 1 N–H and O–H groups in total. The Labute approximate surface area is 168 Å². The molecule has 4 nitrogen and oxygen atoms in total. The quantitative estimate of drug-likeness (QED) is 0.492. The number of H-pyrrole nitrogens is 1. The van der Waals surface area contributed by atoms with Crippen molar-refractivity contribution in [1.29, 1.82) is 0 Å². The molecule has 1 unspecified atom stereocenters. The number of aromatic amines is 1. The smallest absolute Gasteiger partial charge is 0.181 e. The molecule has 1 aromatic carbocycles. The van der Waals surface area contributed by atoms with E-state index in [2.05, 4.69) is 38.9 Å². The van der Waals surface area contributed by atoms with Gasteiger partial charge in [0.1, 0.15) is 5.65 Å². The first kappa shape index (κ1) is 17.6. The van der Waals surface area contributed by atoms with Gasteiger partial charge in [0, 0.05) is 23.2 Å². The number of benzene rings is 1. The number of sulfone groups is 1. The van der Waals surface area contributed by atoms with Crippen LogP contribution in [-0.4, -0.2) is 23.6 Å². The number of hydrogen-bond acceptors (Lipinski definition) is 4. The highest BCUT2D eigenvalue weighted by atomic mass is 32.2. The van der Waals surface area contributed by atoms with Crippen LogP contribution in [0, 0.1) is 0 Å². The van der Waals surface area contributed by atoms with Crippen LogP contribution < -0.4 is 0 Å². The lowest BCUT2D eigenvalue weighted by Crippen LogP contribution is -2.09. The third-order valence-corrected chi connectivity index (χ3v) is 8.39. The van der Waals surface area contributed by atoms with Crippen molar-refractivity contribution in [1.82, 2.24) is 9.97 Å². The summed E-state index contributed by atoms with van der Waals surface area (Å²) >= 11 is 1.69. The zero-order valence-electron chi connectivity index (χ0n) is 15.2. The van der Waals surface area contributed by atoms with E-state index in [0.717, 1.165) is 41.6 Å². The number of pyridine rings is 1. The summed E-state index contributed by atoms with van der Waals surface area (Å²) in [6.45, 7) is 0. The van der Waals surface area contributed by atoms with E-state index in [4.69, 9.17) is 0 Å². The molecule has 0 aliphatic heterocycles. The molecule has 0 saturated heterocycles. The van der Waals surface area contributed by atoms with Gasteiger partial charge in [0.2, 0.25) is 0 Å². The van der Waals surface area contributed by atoms with Crippen molar-refractivity contribution in [2.45, 2.75) is 35.3 Å². The van der Waals surface area contributed by atoms with Crippen LogP contribution in [0.15, 0.2) is 70.4 Å². The molecule has 0 bridgehead atoms. The number of nitrogens with zero attached hydrogens (tertiary/aromatic N) is 1.